The van der Waals surface area contributed by atoms with Gasteiger partial charge in [-0.25, -0.2) is 0 Å². The Morgan fingerprint density at radius 2 is 1.71 bits per heavy atom. The molecule has 5 amide bonds. The first-order valence-electron chi connectivity index (χ1n) is 16.8. The van der Waals surface area contributed by atoms with E-state index in [4.69, 9.17) is 4.74 Å². The molecule has 2 aromatic carbocycles. The highest BCUT2D eigenvalue weighted by Gasteiger charge is 2.38. The predicted octanol–water partition coefficient (Wildman–Crippen LogP) is 3.01. The number of hydrogen-bond acceptors (Lipinski definition) is 7. The molecular formula is C37H49N5O7. The van der Waals surface area contributed by atoms with Gasteiger partial charge in [0, 0.05) is 58.4 Å². The molecule has 1 aliphatic rings. The lowest BCUT2D eigenvalue weighted by molar-refractivity contribution is -0.135. The number of hydrogen-bond donors (Lipinski definition) is 3. The van der Waals surface area contributed by atoms with Gasteiger partial charge in [-0.15, -0.1) is 0 Å². The van der Waals surface area contributed by atoms with E-state index >= 15 is 0 Å². The lowest BCUT2D eigenvalue weighted by Gasteiger charge is -2.32. The highest BCUT2D eigenvalue weighted by Crippen LogP contribution is 2.25. The molecule has 1 fully saturated rings. The van der Waals surface area contributed by atoms with Crippen molar-refractivity contribution in [2.75, 3.05) is 32.6 Å². The van der Waals surface area contributed by atoms with Gasteiger partial charge < -0.3 is 30.5 Å². The first kappa shape index (κ1) is 38.6. The average Bonchev–Trinajstić information content (AvgIpc) is 3.58. The van der Waals surface area contributed by atoms with E-state index in [1.807, 2.05) is 42.5 Å². The van der Waals surface area contributed by atoms with E-state index in [0.29, 0.717) is 44.4 Å². The zero-order chi connectivity index (χ0) is 35.6. The maximum absolute atomic E-state index is 13.5. The molecule has 12 nitrogen and oxygen atoms in total. The van der Waals surface area contributed by atoms with Crippen LogP contribution in [0.15, 0.2) is 66.7 Å². The smallest absolute Gasteiger partial charge is 0.247 e. The van der Waals surface area contributed by atoms with Crippen molar-refractivity contribution >= 4 is 42.0 Å². The second-order valence-electron chi connectivity index (χ2n) is 12.3. The van der Waals surface area contributed by atoms with Gasteiger partial charge in [-0.3, -0.25) is 28.8 Å². The highest BCUT2D eigenvalue weighted by atomic mass is 16.5. The van der Waals surface area contributed by atoms with Crippen molar-refractivity contribution in [2.45, 2.75) is 76.6 Å². The van der Waals surface area contributed by atoms with E-state index in [2.05, 4.69) is 16.0 Å². The number of anilines is 1. The fourth-order valence-corrected chi connectivity index (χ4v) is 5.90. The molecule has 0 spiro atoms. The molecule has 1 heterocycles. The van der Waals surface area contributed by atoms with Crippen molar-refractivity contribution in [2.24, 2.45) is 5.92 Å². The largest absolute Gasteiger partial charge is 0.378 e. The zero-order valence-corrected chi connectivity index (χ0v) is 28.6. The summed E-state index contributed by atoms with van der Waals surface area (Å²) in [6, 6.07) is 15.5. The standard InChI is InChI=1S/C37H49N5O7/c1-27(35(49-3)32-14-10-22-42(32)26-44)36(47)40-31(24-28-12-6-4-7-13-28)37(48)39-30-19-17-29(18-20-30)25-38-33(45)15-8-5-9-21-41(2)34(46)16-11-23-43/h4,6-7,11-13,16-20,23,26-27,31-32,35H,5,8-10,14-15,21-22,24-25H2,1-3H3,(H,38,45)(H,39,48)(H,40,47)/b16-11-/t27?,31-,32?,35?/m0/s1. The molecule has 2 aromatic rings. The van der Waals surface area contributed by atoms with Crippen molar-refractivity contribution in [3.8, 4) is 0 Å². The van der Waals surface area contributed by atoms with E-state index in [1.54, 1.807) is 31.0 Å². The van der Waals surface area contributed by atoms with Gasteiger partial charge in [0.15, 0.2) is 0 Å². The SMILES string of the molecule is COC(C(C)C(=O)N[C@@H](Cc1ccccc1)C(=O)Nc1ccc(CNC(=O)CCCCCN(C)C(=O)/C=C\C=O)cc1)C1CCCN1C=O. The molecule has 1 saturated heterocycles. The minimum absolute atomic E-state index is 0.0769. The van der Waals surface area contributed by atoms with Crippen molar-refractivity contribution in [1.29, 1.82) is 0 Å². The molecule has 3 N–H and O–H groups in total. The number of nitrogens with one attached hydrogen (secondary N) is 3. The van der Waals surface area contributed by atoms with Crippen molar-refractivity contribution in [3.05, 3.63) is 77.9 Å². The normalized spacial score (nSPS) is 16.0. The van der Waals surface area contributed by atoms with Crippen LogP contribution in [0.1, 0.15) is 56.6 Å². The number of rotatable bonds is 20. The lowest BCUT2D eigenvalue weighted by atomic mass is 9.94. The van der Waals surface area contributed by atoms with Gasteiger partial charge in [-0.05, 0) is 55.0 Å². The first-order chi connectivity index (χ1) is 23.7. The third-order valence-corrected chi connectivity index (χ3v) is 8.75. The molecule has 12 heteroatoms. The number of amides is 5. The summed E-state index contributed by atoms with van der Waals surface area (Å²) in [5.74, 6) is -1.62. The molecule has 0 bridgehead atoms. The number of unbranched alkanes of at least 4 members (excludes halogenated alkanes) is 2. The summed E-state index contributed by atoms with van der Waals surface area (Å²) in [4.78, 5) is 76.2. The number of aldehydes is 1. The van der Waals surface area contributed by atoms with Crippen LogP contribution in [-0.2, 0) is 46.5 Å². The monoisotopic (exact) mass is 675 g/mol. The number of likely N-dealkylation sites (tertiary alicyclic amines) is 1. The average molecular weight is 676 g/mol. The van der Waals surface area contributed by atoms with Crippen LogP contribution in [0.4, 0.5) is 5.69 Å². The van der Waals surface area contributed by atoms with Crippen LogP contribution in [0.2, 0.25) is 0 Å². The molecule has 4 atom stereocenters. The Hall–Kier alpha value is -4.84. The summed E-state index contributed by atoms with van der Waals surface area (Å²) in [7, 11) is 3.20. The number of nitrogens with zero attached hydrogens (tertiary/aromatic N) is 2. The quantitative estimate of drug-likeness (QED) is 0.111. The molecule has 264 valence electrons. The summed E-state index contributed by atoms with van der Waals surface area (Å²) in [5, 5.41) is 8.74. The third-order valence-electron chi connectivity index (χ3n) is 8.75. The summed E-state index contributed by atoms with van der Waals surface area (Å²) in [6.07, 6.45) is 7.70. The number of benzene rings is 2. The number of methoxy groups -OCH3 is 1. The Labute approximate surface area is 288 Å². The number of likely N-dealkylation sites (N-methyl/N-ethyl adjacent to an activating group) is 1. The molecule has 3 unspecified atom stereocenters. The van der Waals surface area contributed by atoms with E-state index in [-0.39, 0.29) is 36.1 Å². The number of ether oxygens (including phenoxy) is 1. The lowest BCUT2D eigenvalue weighted by Crippen LogP contribution is -2.52. The van der Waals surface area contributed by atoms with Gasteiger partial charge in [-0.1, -0.05) is 55.8 Å². The number of carbonyl (C=O) groups excluding carboxylic acids is 6. The van der Waals surface area contributed by atoms with Crippen LogP contribution in [0.25, 0.3) is 0 Å². The van der Waals surface area contributed by atoms with E-state index < -0.39 is 18.1 Å². The second kappa shape index (κ2) is 20.5. The Morgan fingerprint density at radius 1 is 0.980 bits per heavy atom. The Kier molecular flexibility index (Phi) is 16.2. The van der Waals surface area contributed by atoms with Crippen molar-refractivity contribution in [3.63, 3.8) is 0 Å². The highest BCUT2D eigenvalue weighted by molar-refractivity contribution is 5.97. The summed E-state index contributed by atoms with van der Waals surface area (Å²) in [6.45, 7) is 3.25. The molecule has 1 aliphatic heterocycles. The van der Waals surface area contributed by atoms with Gasteiger partial charge in [0.25, 0.3) is 0 Å². The first-order valence-corrected chi connectivity index (χ1v) is 16.8. The van der Waals surface area contributed by atoms with E-state index in [0.717, 1.165) is 43.2 Å². The van der Waals surface area contributed by atoms with Crippen molar-refractivity contribution in [1.82, 2.24) is 20.4 Å². The maximum atomic E-state index is 13.5. The van der Waals surface area contributed by atoms with Gasteiger partial charge in [-0.2, -0.15) is 0 Å². The Morgan fingerprint density at radius 3 is 2.39 bits per heavy atom. The fourth-order valence-electron chi connectivity index (χ4n) is 5.90. The number of carbonyl (C=O) groups is 6. The molecule has 0 aromatic heterocycles. The fraction of sp³-hybridized carbons (Fsp3) is 0.459. The predicted molar refractivity (Wildman–Crippen MR) is 186 cm³/mol. The maximum Gasteiger partial charge on any atom is 0.247 e. The molecule has 49 heavy (non-hydrogen) atoms. The minimum Gasteiger partial charge on any atom is -0.378 e. The van der Waals surface area contributed by atoms with E-state index in [9.17, 15) is 28.8 Å². The van der Waals surface area contributed by atoms with Gasteiger partial charge in [0.2, 0.25) is 30.0 Å². The molecule has 0 aliphatic carbocycles. The second-order valence-corrected chi connectivity index (χ2v) is 12.3. The molecule has 0 radical (unpaired) electrons. The topological polar surface area (TPSA) is 154 Å². The Bertz CT molecular complexity index is 1420. The molecule has 3 rings (SSSR count). The van der Waals surface area contributed by atoms with Crippen molar-refractivity contribution < 1.29 is 33.5 Å². The number of allylic oxidation sites excluding steroid dienone is 1. The van der Waals surface area contributed by atoms with Crippen LogP contribution in [0.5, 0.6) is 0 Å². The van der Waals surface area contributed by atoms with Gasteiger partial charge in [0.1, 0.15) is 12.3 Å². The Balaban J connectivity index is 1.51. The van der Waals surface area contributed by atoms with Crippen LogP contribution in [0.3, 0.4) is 0 Å². The van der Waals surface area contributed by atoms with Crippen LogP contribution >= 0.6 is 0 Å². The molecule has 0 saturated carbocycles. The minimum atomic E-state index is -0.861. The van der Waals surface area contributed by atoms with E-state index in [1.165, 1.54) is 24.2 Å². The summed E-state index contributed by atoms with van der Waals surface area (Å²) in [5.41, 5.74) is 2.30. The van der Waals surface area contributed by atoms with Crippen LogP contribution < -0.4 is 16.0 Å². The zero-order valence-electron chi connectivity index (χ0n) is 28.6. The third kappa shape index (κ3) is 12.6. The van der Waals surface area contributed by atoms with Gasteiger partial charge >= 0.3 is 0 Å². The van der Waals surface area contributed by atoms with Gasteiger partial charge in [0.05, 0.1) is 18.1 Å². The van der Waals surface area contributed by atoms with Crippen LogP contribution in [-0.4, -0.2) is 91.6 Å². The molecular weight excluding hydrogens is 626 g/mol. The van der Waals surface area contributed by atoms with Crippen LogP contribution in [0, 0.1) is 5.92 Å². The summed E-state index contributed by atoms with van der Waals surface area (Å²) < 4.78 is 5.69. The summed E-state index contributed by atoms with van der Waals surface area (Å²) >= 11 is 0.